The second-order valence-corrected chi connectivity index (χ2v) is 6.00. The Morgan fingerprint density at radius 3 is 2.29 bits per heavy atom. The number of carbonyl (C=O) groups is 2. The first-order valence-corrected chi connectivity index (χ1v) is 7.08. The van der Waals surface area contributed by atoms with Crippen LogP contribution < -0.4 is 5.73 Å². The van der Waals surface area contributed by atoms with E-state index in [1.807, 2.05) is 13.8 Å². The summed E-state index contributed by atoms with van der Waals surface area (Å²) in [5.74, 6) is -0.237. The Hall–Kier alpha value is -0.580. The molecule has 1 aliphatic rings. The molecule has 1 unspecified atom stereocenters. The quantitative estimate of drug-likeness (QED) is 0.785. The normalized spacial score (nSPS) is 18.4. The van der Waals surface area contributed by atoms with E-state index < -0.39 is 5.91 Å². The summed E-state index contributed by atoms with van der Waals surface area (Å²) in [6.07, 6.45) is 4.22. The third-order valence-electron chi connectivity index (χ3n) is 3.20. The summed E-state index contributed by atoms with van der Waals surface area (Å²) in [5, 5.41) is 0. The number of halogens is 1. The topological polar surface area (TPSA) is 63.4 Å². The first-order chi connectivity index (χ1) is 7.93. The molecule has 0 heterocycles. The SMILES string of the molecule is CC(C)C(Br)C(=O)N(CC(N)=O)C1CCCC1. The number of nitrogens with zero attached hydrogens (tertiary/aromatic N) is 1. The van der Waals surface area contributed by atoms with E-state index in [1.165, 1.54) is 0 Å². The first kappa shape index (κ1) is 14.5. The van der Waals surface area contributed by atoms with Crippen LogP contribution in [0.3, 0.4) is 0 Å². The van der Waals surface area contributed by atoms with Crippen molar-refractivity contribution < 1.29 is 9.59 Å². The van der Waals surface area contributed by atoms with Gasteiger partial charge in [-0.25, -0.2) is 0 Å². The van der Waals surface area contributed by atoms with E-state index in [1.54, 1.807) is 4.90 Å². The maximum Gasteiger partial charge on any atom is 0.237 e. The van der Waals surface area contributed by atoms with Crippen LogP contribution in [0.15, 0.2) is 0 Å². The molecule has 1 aliphatic carbocycles. The molecule has 1 fully saturated rings. The highest BCUT2D eigenvalue weighted by molar-refractivity contribution is 9.10. The van der Waals surface area contributed by atoms with E-state index in [9.17, 15) is 9.59 Å². The van der Waals surface area contributed by atoms with Gasteiger partial charge >= 0.3 is 0 Å². The molecule has 0 aromatic heterocycles. The van der Waals surface area contributed by atoms with Gasteiger partial charge in [-0.2, -0.15) is 0 Å². The van der Waals surface area contributed by atoms with Crippen LogP contribution in [0.2, 0.25) is 0 Å². The molecule has 98 valence electrons. The van der Waals surface area contributed by atoms with Crippen LogP contribution in [-0.4, -0.2) is 34.1 Å². The van der Waals surface area contributed by atoms with Gasteiger partial charge in [0.05, 0.1) is 11.4 Å². The van der Waals surface area contributed by atoms with Crippen molar-refractivity contribution in [1.82, 2.24) is 4.90 Å². The minimum Gasteiger partial charge on any atom is -0.368 e. The zero-order valence-electron chi connectivity index (χ0n) is 10.5. The summed E-state index contributed by atoms with van der Waals surface area (Å²) in [4.78, 5) is 24.8. The molecule has 0 spiro atoms. The number of hydrogen-bond acceptors (Lipinski definition) is 2. The van der Waals surface area contributed by atoms with Crippen LogP contribution in [0.1, 0.15) is 39.5 Å². The van der Waals surface area contributed by atoms with Crippen LogP contribution in [0.4, 0.5) is 0 Å². The van der Waals surface area contributed by atoms with Gasteiger partial charge in [0.1, 0.15) is 0 Å². The van der Waals surface area contributed by atoms with E-state index in [2.05, 4.69) is 15.9 Å². The van der Waals surface area contributed by atoms with Gasteiger partial charge < -0.3 is 10.6 Å². The lowest BCUT2D eigenvalue weighted by atomic mass is 10.1. The highest BCUT2D eigenvalue weighted by Gasteiger charge is 2.32. The van der Waals surface area contributed by atoms with Crippen LogP contribution in [0, 0.1) is 5.92 Å². The van der Waals surface area contributed by atoms with Gasteiger partial charge in [-0.1, -0.05) is 42.6 Å². The maximum absolute atomic E-state index is 12.3. The molecule has 4 nitrogen and oxygen atoms in total. The van der Waals surface area contributed by atoms with Crippen LogP contribution in [-0.2, 0) is 9.59 Å². The zero-order chi connectivity index (χ0) is 13.0. The second-order valence-electron chi connectivity index (χ2n) is 5.02. The molecule has 0 bridgehead atoms. The summed E-state index contributed by atoms with van der Waals surface area (Å²) in [7, 11) is 0. The standard InChI is InChI=1S/C12H21BrN2O2/c1-8(2)11(13)12(17)15(7-10(14)16)9-5-3-4-6-9/h8-9,11H,3-7H2,1-2H3,(H2,14,16). The highest BCUT2D eigenvalue weighted by atomic mass is 79.9. The third kappa shape index (κ3) is 3.98. The minimum atomic E-state index is -0.436. The van der Waals surface area contributed by atoms with Crippen molar-refractivity contribution in [3.8, 4) is 0 Å². The van der Waals surface area contributed by atoms with E-state index >= 15 is 0 Å². The first-order valence-electron chi connectivity index (χ1n) is 6.16. The van der Waals surface area contributed by atoms with Crippen molar-refractivity contribution in [2.24, 2.45) is 11.7 Å². The lowest BCUT2D eigenvalue weighted by molar-refractivity contribution is -0.137. The predicted octanol–water partition coefficient (Wildman–Crippen LogP) is 1.66. The van der Waals surface area contributed by atoms with Gasteiger partial charge in [-0.3, -0.25) is 9.59 Å². The summed E-state index contributed by atoms with van der Waals surface area (Å²) in [6, 6.07) is 0.189. The number of rotatable bonds is 5. The van der Waals surface area contributed by atoms with E-state index in [-0.39, 0.29) is 29.2 Å². The van der Waals surface area contributed by atoms with Crippen LogP contribution >= 0.6 is 15.9 Å². The fourth-order valence-electron chi connectivity index (χ4n) is 2.21. The number of amides is 2. The van der Waals surface area contributed by atoms with E-state index in [0.29, 0.717) is 0 Å². The summed E-state index contributed by atoms with van der Waals surface area (Å²) >= 11 is 3.40. The summed E-state index contributed by atoms with van der Waals surface area (Å²) in [6.45, 7) is 4.00. The molecule has 5 heteroatoms. The molecule has 0 aromatic rings. The molecule has 2 amide bonds. The lowest BCUT2D eigenvalue weighted by Gasteiger charge is -2.30. The monoisotopic (exact) mass is 304 g/mol. The zero-order valence-corrected chi connectivity index (χ0v) is 12.1. The van der Waals surface area contributed by atoms with E-state index in [0.717, 1.165) is 25.7 Å². The molecule has 0 saturated heterocycles. The number of carbonyl (C=O) groups excluding carboxylic acids is 2. The Labute approximate surface area is 111 Å². The second kappa shape index (κ2) is 6.38. The molecule has 0 aromatic carbocycles. The van der Waals surface area contributed by atoms with Gasteiger partial charge in [0, 0.05) is 6.04 Å². The lowest BCUT2D eigenvalue weighted by Crippen LogP contribution is -2.48. The average molecular weight is 305 g/mol. The largest absolute Gasteiger partial charge is 0.368 e. The van der Waals surface area contributed by atoms with Crippen molar-refractivity contribution in [3.63, 3.8) is 0 Å². The van der Waals surface area contributed by atoms with Crippen LogP contribution in [0.5, 0.6) is 0 Å². The molecule has 1 rings (SSSR count). The Kier molecular flexibility index (Phi) is 5.43. The fourth-order valence-corrected chi connectivity index (χ4v) is 2.48. The maximum atomic E-state index is 12.3. The van der Waals surface area contributed by atoms with Gasteiger partial charge in [-0.15, -0.1) is 0 Å². The van der Waals surface area contributed by atoms with Gasteiger partial charge in [-0.05, 0) is 18.8 Å². The molecule has 0 aliphatic heterocycles. The number of alkyl halides is 1. The minimum absolute atomic E-state index is 0.00861. The van der Waals surface area contributed by atoms with E-state index in [4.69, 9.17) is 5.73 Å². The highest BCUT2D eigenvalue weighted by Crippen LogP contribution is 2.26. The predicted molar refractivity (Wildman–Crippen MR) is 70.7 cm³/mol. The number of nitrogens with two attached hydrogens (primary N) is 1. The third-order valence-corrected chi connectivity index (χ3v) is 4.64. The van der Waals surface area contributed by atoms with Crippen molar-refractivity contribution >= 4 is 27.7 Å². The fraction of sp³-hybridized carbons (Fsp3) is 0.833. The molecule has 17 heavy (non-hydrogen) atoms. The van der Waals surface area contributed by atoms with Gasteiger partial charge in [0.25, 0.3) is 0 Å². The van der Waals surface area contributed by atoms with Crippen LogP contribution in [0.25, 0.3) is 0 Å². The Morgan fingerprint density at radius 2 is 1.88 bits per heavy atom. The molecular formula is C12H21BrN2O2. The Bertz CT molecular complexity index is 288. The van der Waals surface area contributed by atoms with Crippen molar-refractivity contribution in [2.45, 2.75) is 50.4 Å². The van der Waals surface area contributed by atoms with Gasteiger partial charge in [0.15, 0.2) is 0 Å². The molecular weight excluding hydrogens is 284 g/mol. The van der Waals surface area contributed by atoms with Crippen molar-refractivity contribution in [1.29, 1.82) is 0 Å². The Balaban J connectivity index is 2.74. The molecule has 1 saturated carbocycles. The van der Waals surface area contributed by atoms with Crippen molar-refractivity contribution in [3.05, 3.63) is 0 Å². The smallest absolute Gasteiger partial charge is 0.237 e. The summed E-state index contributed by atoms with van der Waals surface area (Å²) in [5.41, 5.74) is 5.23. The summed E-state index contributed by atoms with van der Waals surface area (Å²) < 4.78 is 0. The number of hydrogen-bond donors (Lipinski definition) is 1. The number of primary amides is 1. The van der Waals surface area contributed by atoms with Crippen molar-refractivity contribution in [2.75, 3.05) is 6.54 Å². The Morgan fingerprint density at radius 1 is 1.35 bits per heavy atom. The molecule has 1 atom stereocenters. The molecule has 0 radical (unpaired) electrons. The average Bonchev–Trinajstić information content (AvgIpc) is 2.76. The van der Waals surface area contributed by atoms with Gasteiger partial charge in [0.2, 0.25) is 11.8 Å². The molecule has 2 N–H and O–H groups in total.